The smallest absolute Gasteiger partial charge is 0.119 e. The predicted molar refractivity (Wildman–Crippen MR) is 85.7 cm³/mol. The number of nitrogens with one attached hydrogen (secondary N) is 1. The first kappa shape index (κ1) is 16.3. The molecule has 1 aromatic carbocycles. The Balaban J connectivity index is 1.67. The highest BCUT2D eigenvalue weighted by Crippen LogP contribution is 2.17. The van der Waals surface area contributed by atoms with E-state index in [4.69, 9.17) is 9.47 Å². The first-order valence-corrected chi connectivity index (χ1v) is 7.89. The molecule has 1 fully saturated rings. The number of ether oxygens (including phenoxy) is 2. The van der Waals surface area contributed by atoms with Crippen molar-refractivity contribution in [2.45, 2.75) is 19.4 Å². The maximum absolute atomic E-state index is 5.88. The number of rotatable bonds is 8. The molecule has 1 aliphatic rings. The molecule has 0 atom stereocenters. The van der Waals surface area contributed by atoms with Crippen molar-refractivity contribution in [3.63, 3.8) is 0 Å². The van der Waals surface area contributed by atoms with E-state index in [2.05, 4.69) is 28.4 Å². The monoisotopic (exact) mass is 292 g/mol. The van der Waals surface area contributed by atoms with Crippen LogP contribution in [0.3, 0.4) is 0 Å². The summed E-state index contributed by atoms with van der Waals surface area (Å²) in [6, 6.07) is 8.31. The van der Waals surface area contributed by atoms with Crippen molar-refractivity contribution in [2.75, 3.05) is 47.0 Å². The number of benzene rings is 1. The van der Waals surface area contributed by atoms with Crippen LogP contribution in [0, 0.1) is 5.92 Å². The number of methoxy groups -OCH3 is 1. The molecular weight excluding hydrogens is 264 g/mol. The van der Waals surface area contributed by atoms with Gasteiger partial charge in [0, 0.05) is 26.8 Å². The van der Waals surface area contributed by atoms with Crippen LogP contribution in [0.15, 0.2) is 24.3 Å². The Morgan fingerprint density at radius 3 is 2.81 bits per heavy atom. The topological polar surface area (TPSA) is 33.7 Å². The van der Waals surface area contributed by atoms with E-state index in [1.54, 1.807) is 7.11 Å². The fourth-order valence-electron chi connectivity index (χ4n) is 2.85. The van der Waals surface area contributed by atoms with Crippen molar-refractivity contribution >= 4 is 0 Å². The van der Waals surface area contributed by atoms with Gasteiger partial charge in [-0.3, -0.25) is 4.90 Å². The Kier molecular flexibility index (Phi) is 7.00. The lowest BCUT2D eigenvalue weighted by atomic mass is 9.98. The maximum atomic E-state index is 5.88. The maximum Gasteiger partial charge on any atom is 0.119 e. The molecule has 21 heavy (non-hydrogen) atoms. The summed E-state index contributed by atoms with van der Waals surface area (Å²) in [5.74, 6) is 1.71. The number of hydrogen-bond donors (Lipinski definition) is 1. The minimum atomic E-state index is 0.741. The lowest BCUT2D eigenvalue weighted by Gasteiger charge is -2.31. The van der Waals surface area contributed by atoms with Crippen LogP contribution in [0.25, 0.3) is 0 Å². The van der Waals surface area contributed by atoms with Crippen molar-refractivity contribution in [3.8, 4) is 5.75 Å². The SMILES string of the molecule is CNCc1cccc(OCCN2CCC(COC)CC2)c1. The van der Waals surface area contributed by atoms with Gasteiger partial charge in [0.25, 0.3) is 0 Å². The molecule has 4 nitrogen and oxygen atoms in total. The highest BCUT2D eigenvalue weighted by atomic mass is 16.5. The molecule has 118 valence electrons. The standard InChI is InChI=1S/C17H28N2O2/c1-18-13-16-4-3-5-17(12-16)21-11-10-19-8-6-15(7-9-19)14-20-2/h3-5,12,15,18H,6-11,13-14H2,1-2H3. The van der Waals surface area contributed by atoms with E-state index in [1.807, 2.05) is 13.1 Å². The van der Waals surface area contributed by atoms with Gasteiger partial charge in [-0.2, -0.15) is 0 Å². The van der Waals surface area contributed by atoms with Crippen molar-refractivity contribution in [1.82, 2.24) is 10.2 Å². The summed E-state index contributed by atoms with van der Waals surface area (Å²) in [6.07, 6.45) is 2.48. The first-order chi connectivity index (χ1) is 10.3. The fraction of sp³-hybridized carbons (Fsp3) is 0.647. The summed E-state index contributed by atoms with van der Waals surface area (Å²) in [5.41, 5.74) is 1.26. The van der Waals surface area contributed by atoms with Gasteiger partial charge in [0.1, 0.15) is 12.4 Å². The summed E-state index contributed by atoms with van der Waals surface area (Å²) < 4.78 is 11.1. The largest absolute Gasteiger partial charge is 0.492 e. The van der Waals surface area contributed by atoms with Gasteiger partial charge in [0.15, 0.2) is 0 Å². The van der Waals surface area contributed by atoms with Crippen LogP contribution < -0.4 is 10.1 Å². The summed E-state index contributed by atoms with van der Waals surface area (Å²) in [7, 11) is 3.75. The van der Waals surface area contributed by atoms with Gasteiger partial charge < -0.3 is 14.8 Å². The van der Waals surface area contributed by atoms with Gasteiger partial charge in [-0.15, -0.1) is 0 Å². The summed E-state index contributed by atoms with van der Waals surface area (Å²) in [4.78, 5) is 2.49. The number of hydrogen-bond acceptors (Lipinski definition) is 4. The second-order valence-corrected chi connectivity index (χ2v) is 5.77. The molecule has 1 aliphatic heterocycles. The molecule has 0 aliphatic carbocycles. The summed E-state index contributed by atoms with van der Waals surface area (Å²) in [5, 5.41) is 3.16. The van der Waals surface area contributed by atoms with Crippen LogP contribution in [0.5, 0.6) is 5.75 Å². The average molecular weight is 292 g/mol. The van der Waals surface area contributed by atoms with Crippen molar-refractivity contribution < 1.29 is 9.47 Å². The molecule has 1 saturated heterocycles. The Morgan fingerprint density at radius 2 is 2.10 bits per heavy atom. The molecule has 1 aromatic rings. The number of nitrogens with zero attached hydrogens (tertiary/aromatic N) is 1. The van der Waals surface area contributed by atoms with Crippen LogP contribution in [-0.4, -0.2) is 51.9 Å². The quantitative estimate of drug-likeness (QED) is 0.796. The highest BCUT2D eigenvalue weighted by molar-refractivity contribution is 5.28. The van der Waals surface area contributed by atoms with E-state index >= 15 is 0 Å². The fourth-order valence-corrected chi connectivity index (χ4v) is 2.85. The first-order valence-electron chi connectivity index (χ1n) is 7.89. The Hall–Kier alpha value is -1.10. The Labute approximate surface area is 128 Å². The molecule has 0 bridgehead atoms. The molecule has 0 aromatic heterocycles. The van der Waals surface area contributed by atoms with Crippen LogP contribution in [0.1, 0.15) is 18.4 Å². The molecule has 0 radical (unpaired) electrons. The summed E-state index contributed by atoms with van der Waals surface area (Å²) >= 11 is 0. The van der Waals surface area contributed by atoms with Gasteiger partial charge in [-0.1, -0.05) is 12.1 Å². The van der Waals surface area contributed by atoms with Crippen LogP contribution in [0.4, 0.5) is 0 Å². The lowest BCUT2D eigenvalue weighted by molar-refractivity contribution is 0.0928. The van der Waals surface area contributed by atoms with Crippen LogP contribution in [-0.2, 0) is 11.3 Å². The van der Waals surface area contributed by atoms with Crippen molar-refractivity contribution in [1.29, 1.82) is 0 Å². The minimum Gasteiger partial charge on any atom is -0.492 e. The van der Waals surface area contributed by atoms with Gasteiger partial charge in [-0.05, 0) is 56.6 Å². The van der Waals surface area contributed by atoms with E-state index in [9.17, 15) is 0 Å². The molecule has 1 heterocycles. The van der Waals surface area contributed by atoms with Crippen molar-refractivity contribution in [2.24, 2.45) is 5.92 Å². The zero-order valence-electron chi connectivity index (χ0n) is 13.3. The number of likely N-dealkylation sites (tertiary alicyclic amines) is 1. The third-order valence-corrected chi connectivity index (χ3v) is 4.07. The Bertz CT molecular complexity index is 404. The molecule has 4 heteroatoms. The number of piperidine rings is 1. The molecule has 0 unspecified atom stereocenters. The zero-order valence-corrected chi connectivity index (χ0v) is 13.3. The zero-order chi connectivity index (χ0) is 14.9. The van der Waals surface area contributed by atoms with E-state index in [1.165, 1.54) is 18.4 Å². The normalized spacial score (nSPS) is 17.0. The highest BCUT2D eigenvalue weighted by Gasteiger charge is 2.18. The Morgan fingerprint density at radius 1 is 1.29 bits per heavy atom. The second kappa shape index (κ2) is 9.03. The van der Waals surface area contributed by atoms with E-state index in [-0.39, 0.29) is 0 Å². The molecular formula is C17H28N2O2. The third-order valence-electron chi connectivity index (χ3n) is 4.07. The third kappa shape index (κ3) is 5.65. The predicted octanol–water partition coefficient (Wildman–Crippen LogP) is 2.14. The summed E-state index contributed by atoms with van der Waals surface area (Å²) in [6.45, 7) is 5.88. The molecule has 0 saturated carbocycles. The molecule has 0 amide bonds. The molecule has 1 N–H and O–H groups in total. The van der Waals surface area contributed by atoms with Gasteiger partial charge in [0.2, 0.25) is 0 Å². The van der Waals surface area contributed by atoms with Crippen molar-refractivity contribution in [3.05, 3.63) is 29.8 Å². The van der Waals surface area contributed by atoms with Crippen LogP contribution >= 0.6 is 0 Å². The van der Waals surface area contributed by atoms with E-state index in [0.29, 0.717) is 0 Å². The lowest BCUT2D eigenvalue weighted by Crippen LogP contribution is -2.37. The van der Waals surface area contributed by atoms with E-state index in [0.717, 1.165) is 51.1 Å². The average Bonchev–Trinajstić information content (AvgIpc) is 2.50. The van der Waals surface area contributed by atoms with Gasteiger partial charge >= 0.3 is 0 Å². The van der Waals surface area contributed by atoms with Gasteiger partial charge in [-0.25, -0.2) is 0 Å². The van der Waals surface area contributed by atoms with Crippen LogP contribution in [0.2, 0.25) is 0 Å². The van der Waals surface area contributed by atoms with Gasteiger partial charge in [0.05, 0.1) is 0 Å². The van der Waals surface area contributed by atoms with E-state index < -0.39 is 0 Å². The molecule has 0 spiro atoms. The molecule has 2 rings (SSSR count). The second-order valence-electron chi connectivity index (χ2n) is 5.77. The minimum absolute atomic E-state index is 0.741.